The van der Waals surface area contributed by atoms with Crippen molar-refractivity contribution in [3.05, 3.63) is 35.9 Å². The molecule has 1 aromatic rings. The van der Waals surface area contributed by atoms with Gasteiger partial charge in [0.15, 0.2) is 8.07 Å². The molecule has 1 rings (SSSR count). The third-order valence-corrected chi connectivity index (χ3v) is 9.40. The number of hydrogen-bond acceptors (Lipinski definition) is 3. The first-order valence-corrected chi connectivity index (χ1v) is 9.70. The van der Waals surface area contributed by atoms with Gasteiger partial charge in [0.05, 0.1) is 13.2 Å². The van der Waals surface area contributed by atoms with Crippen molar-refractivity contribution in [2.24, 2.45) is 0 Å². The number of rotatable bonds is 7. The van der Waals surface area contributed by atoms with Gasteiger partial charge in [-0.25, -0.2) is 0 Å². The van der Waals surface area contributed by atoms with Gasteiger partial charge in [-0.3, -0.25) is 4.79 Å². The van der Waals surface area contributed by atoms with E-state index in [1.165, 1.54) is 0 Å². The Labute approximate surface area is 123 Å². The summed E-state index contributed by atoms with van der Waals surface area (Å²) in [4.78, 5) is 12.9. The van der Waals surface area contributed by atoms with Crippen LogP contribution >= 0.6 is 0 Å². The zero-order valence-electron chi connectivity index (χ0n) is 13.2. The molecule has 3 nitrogen and oxygen atoms in total. The topological polar surface area (TPSA) is 35.5 Å². The van der Waals surface area contributed by atoms with Crippen molar-refractivity contribution in [3.63, 3.8) is 0 Å². The van der Waals surface area contributed by atoms with Crippen LogP contribution in [0.25, 0.3) is 0 Å². The number of methoxy groups -OCH3 is 1. The van der Waals surface area contributed by atoms with Crippen LogP contribution in [-0.4, -0.2) is 40.0 Å². The van der Waals surface area contributed by atoms with Crippen LogP contribution in [0, 0.1) is 0 Å². The molecule has 0 saturated carbocycles. The first-order chi connectivity index (χ1) is 9.33. The lowest BCUT2D eigenvalue weighted by Gasteiger charge is -2.38. The molecule has 1 aromatic carbocycles. The van der Waals surface area contributed by atoms with Crippen LogP contribution in [0.2, 0.25) is 11.6 Å². The van der Waals surface area contributed by atoms with Crippen LogP contribution in [0.1, 0.15) is 31.1 Å². The van der Waals surface area contributed by atoms with Gasteiger partial charge in [0.2, 0.25) is 0 Å². The fourth-order valence-corrected chi connectivity index (χ4v) is 4.55. The normalized spacial score (nSPS) is 14.8. The molecule has 0 fully saturated rings. The largest absolute Gasteiger partial charge is 0.382 e. The number of ether oxygens (including phenoxy) is 2. The average molecular weight is 294 g/mol. The number of hydrogen-bond donors (Lipinski definition) is 0. The Kier molecular flexibility index (Phi) is 6.11. The molecule has 0 aliphatic rings. The summed E-state index contributed by atoms with van der Waals surface area (Å²) in [6.07, 6.45) is 0.535. The molecule has 0 aromatic heterocycles. The Morgan fingerprint density at radius 1 is 1.15 bits per heavy atom. The van der Waals surface area contributed by atoms with E-state index in [-0.39, 0.29) is 10.4 Å². The van der Waals surface area contributed by atoms with Gasteiger partial charge in [-0.05, 0) is 5.04 Å². The van der Waals surface area contributed by atoms with Gasteiger partial charge in [-0.1, -0.05) is 57.7 Å². The van der Waals surface area contributed by atoms with Crippen molar-refractivity contribution in [1.29, 1.82) is 0 Å². The van der Waals surface area contributed by atoms with E-state index in [0.29, 0.717) is 19.4 Å². The highest BCUT2D eigenvalue weighted by Crippen LogP contribution is 2.38. The molecule has 0 amide bonds. The van der Waals surface area contributed by atoms with E-state index in [9.17, 15) is 4.79 Å². The standard InChI is InChI=1S/C16H26O3Si/c1-16(2,3)20(5,13-19-12-11-18-4)15(17)14-9-7-6-8-10-14/h6-10H,11-13H2,1-5H3. The van der Waals surface area contributed by atoms with E-state index < -0.39 is 8.07 Å². The lowest BCUT2D eigenvalue weighted by molar-refractivity contribution is 0.0863. The molecule has 0 radical (unpaired) electrons. The number of carbonyl (C=O) groups is 1. The molecule has 112 valence electrons. The maximum atomic E-state index is 12.9. The zero-order valence-corrected chi connectivity index (χ0v) is 14.2. The first-order valence-electron chi connectivity index (χ1n) is 6.99. The minimum absolute atomic E-state index is 0.0486. The highest BCUT2D eigenvalue weighted by Gasteiger charge is 2.47. The fraction of sp³-hybridized carbons (Fsp3) is 0.562. The Bertz CT molecular complexity index is 425. The molecule has 0 aliphatic carbocycles. The lowest BCUT2D eigenvalue weighted by atomic mass is 10.2. The second kappa shape index (κ2) is 7.15. The highest BCUT2D eigenvalue weighted by atomic mass is 28.3. The smallest absolute Gasteiger partial charge is 0.169 e. The molecule has 1 unspecified atom stereocenters. The zero-order chi connectivity index (χ0) is 15.2. The molecule has 0 aliphatic heterocycles. The second-order valence-corrected chi connectivity index (χ2v) is 11.2. The molecule has 0 N–H and O–H groups in total. The van der Waals surface area contributed by atoms with Crippen LogP contribution in [0.15, 0.2) is 30.3 Å². The Balaban J connectivity index is 2.91. The first kappa shape index (κ1) is 17.1. The summed E-state index contributed by atoms with van der Waals surface area (Å²) in [5.41, 5.74) is 0.798. The summed E-state index contributed by atoms with van der Waals surface area (Å²) in [5, 5.41) is 0.218. The van der Waals surface area contributed by atoms with Gasteiger partial charge in [0.25, 0.3) is 0 Å². The van der Waals surface area contributed by atoms with Crippen molar-refractivity contribution in [1.82, 2.24) is 0 Å². The summed E-state index contributed by atoms with van der Waals surface area (Å²) in [5.74, 6) is 0. The predicted octanol–water partition coefficient (Wildman–Crippen LogP) is 3.49. The molecule has 0 heterocycles. The summed E-state index contributed by atoms with van der Waals surface area (Å²) >= 11 is 0. The van der Waals surface area contributed by atoms with E-state index in [1.807, 2.05) is 30.3 Å². The van der Waals surface area contributed by atoms with E-state index in [4.69, 9.17) is 9.47 Å². The molecule has 0 saturated heterocycles. The minimum atomic E-state index is -2.26. The Morgan fingerprint density at radius 3 is 2.25 bits per heavy atom. The fourth-order valence-electron chi connectivity index (χ4n) is 1.95. The SMILES string of the molecule is COCCOC[Si](C)(C(=O)c1ccccc1)C(C)(C)C. The van der Waals surface area contributed by atoms with Crippen LogP contribution in [-0.2, 0) is 9.47 Å². The van der Waals surface area contributed by atoms with Crippen molar-refractivity contribution in [2.75, 3.05) is 26.6 Å². The Morgan fingerprint density at radius 2 is 1.75 bits per heavy atom. The summed E-state index contributed by atoms with van der Waals surface area (Å²) < 4.78 is 10.7. The molecule has 20 heavy (non-hydrogen) atoms. The molecular weight excluding hydrogens is 268 g/mol. The van der Waals surface area contributed by atoms with Crippen molar-refractivity contribution in [2.45, 2.75) is 32.4 Å². The average Bonchev–Trinajstić information content (AvgIpc) is 2.42. The maximum absolute atomic E-state index is 12.9. The third-order valence-electron chi connectivity index (χ3n) is 4.01. The Hall–Kier alpha value is -0.973. The highest BCUT2D eigenvalue weighted by molar-refractivity contribution is 7.08. The van der Waals surface area contributed by atoms with Gasteiger partial charge >= 0.3 is 0 Å². The van der Waals surface area contributed by atoms with Crippen LogP contribution in [0.3, 0.4) is 0 Å². The van der Waals surface area contributed by atoms with Crippen LogP contribution < -0.4 is 0 Å². The lowest BCUT2D eigenvalue weighted by Crippen LogP contribution is -2.53. The molecular formula is C16H26O3Si. The molecule has 0 bridgehead atoms. The predicted molar refractivity (Wildman–Crippen MR) is 84.8 cm³/mol. The molecule has 1 atom stereocenters. The third kappa shape index (κ3) is 4.01. The van der Waals surface area contributed by atoms with Crippen molar-refractivity contribution in [3.8, 4) is 0 Å². The quantitative estimate of drug-likeness (QED) is 0.570. The number of benzene rings is 1. The van der Waals surface area contributed by atoms with E-state index in [2.05, 4.69) is 27.3 Å². The number of carbonyl (C=O) groups excluding carboxylic acids is 1. The minimum Gasteiger partial charge on any atom is -0.382 e. The summed E-state index contributed by atoms with van der Waals surface area (Å²) in [6, 6.07) is 9.55. The van der Waals surface area contributed by atoms with Gasteiger partial charge in [-0.2, -0.15) is 0 Å². The van der Waals surface area contributed by atoms with Gasteiger partial charge in [0.1, 0.15) is 5.41 Å². The monoisotopic (exact) mass is 294 g/mol. The van der Waals surface area contributed by atoms with E-state index in [0.717, 1.165) is 5.56 Å². The van der Waals surface area contributed by atoms with Crippen LogP contribution in [0.5, 0.6) is 0 Å². The van der Waals surface area contributed by atoms with Crippen molar-refractivity contribution < 1.29 is 14.3 Å². The van der Waals surface area contributed by atoms with Gasteiger partial charge in [0, 0.05) is 18.9 Å². The van der Waals surface area contributed by atoms with Crippen molar-refractivity contribution >= 4 is 13.5 Å². The molecule has 4 heteroatoms. The van der Waals surface area contributed by atoms with Gasteiger partial charge < -0.3 is 9.47 Å². The summed E-state index contributed by atoms with van der Waals surface area (Å²) in [6.45, 7) is 9.64. The van der Waals surface area contributed by atoms with Gasteiger partial charge in [-0.15, -0.1) is 0 Å². The van der Waals surface area contributed by atoms with Crippen LogP contribution in [0.4, 0.5) is 0 Å². The summed E-state index contributed by atoms with van der Waals surface area (Å²) in [7, 11) is -0.610. The molecule has 0 spiro atoms. The maximum Gasteiger partial charge on any atom is 0.169 e. The van der Waals surface area contributed by atoms with E-state index >= 15 is 0 Å². The second-order valence-electron chi connectivity index (χ2n) is 6.32. The van der Waals surface area contributed by atoms with E-state index in [1.54, 1.807) is 7.11 Å².